The molecule has 0 aliphatic rings. The number of hydrogen-bond acceptors (Lipinski definition) is 2. The maximum Gasteiger partial charge on any atom is 0.252 e. The van der Waals surface area contributed by atoms with Crippen molar-refractivity contribution in [1.82, 2.24) is 14.9 Å². The Hall–Kier alpha value is -2.62. The molecule has 160 valence electrons. The zero-order valence-corrected chi connectivity index (χ0v) is 18.7. The first-order valence-corrected chi connectivity index (χ1v) is 11.4. The lowest BCUT2D eigenvalue weighted by atomic mass is 10.1. The third-order valence-electron chi connectivity index (χ3n) is 5.79. The van der Waals surface area contributed by atoms with E-state index in [1.165, 1.54) is 38.5 Å². The molecule has 0 saturated carbocycles. The van der Waals surface area contributed by atoms with Gasteiger partial charge in [0.25, 0.3) is 5.91 Å². The Morgan fingerprint density at radius 2 is 1.63 bits per heavy atom. The summed E-state index contributed by atoms with van der Waals surface area (Å²) in [6.07, 6.45) is 8.97. The average Bonchev–Trinajstić information content (AvgIpc) is 3.12. The molecule has 1 aromatic heterocycles. The monoisotopic (exact) mass is 405 g/mol. The van der Waals surface area contributed by atoms with E-state index in [0.29, 0.717) is 0 Å². The number of unbranched alkanes of at least 4 members (excludes halogenated alkanes) is 6. The number of nitrogens with one attached hydrogen (secondary N) is 1. The first kappa shape index (κ1) is 22.1. The van der Waals surface area contributed by atoms with Gasteiger partial charge in [-0.2, -0.15) is 0 Å². The lowest BCUT2D eigenvalue weighted by molar-refractivity contribution is 0.0937. The number of amides is 1. The third-order valence-corrected chi connectivity index (χ3v) is 5.79. The SMILES string of the molecule is CCCCCCCCCn1c(C(C)NC(=O)c2ccccc2C)nc2ccccc21. The summed E-state index contributed by atoms with van der Waals surface area (Å²) in [6, 6.07) is 15.8. The van der Waals surface area contributed by atoms with Gasteiger partial charge in [0.2, 0.25) is 0 Å². The number of fused-ring (bicyclic) bond motifs is 1. The van der Waals surface area contributed by atoms with E-state index in [-0.39, 0.29) is 11.9 Å². The fourth-order valence-corrected chi connectivity index (χ4v) is 4.05. The Bertz CT molecular complexity index is 960. The van der Waals surface area contributed by atoms with Gasteiger partial charge >= 0.3 is 0 Å². The zero-order valence-electron chi connectivity index (χ0n) is 18.7. The highest BCUT2D eigenvalue weighted by Crippen LogP contribution is 2.22. The second-order valence-corrected chi connectivity index (χ2v) is 8.24. The second kappa shape index (κ2) is 11.0. The predicted molar refractivity (Wildman–Crippen MR) is 125 cm³/mol. The van der Waals surface area contributed by atoms with E-state index in [2.05, 4.69) is 35.0 Å². The van der Waals surface area contributed by atoms with E-state index in [9.17, 15) is 4.79 Å². The largest absolute Gasteiger partial charge is 0.342 e. The standard InChI is InChI=1S/C26H35N3O/c1-4-5-6-7-8-9-14-19-29-24-18-13-12-17-23(24)28-25(29)21(3)27-26(30)22-16-11-10-15-20(22)2/h10-13,15-18,21H,4-9,14,19H2,1-3H3,(H,27,30). The molecule has 1 N–H and O–H groups in total. The molecule has 4 heteroatoms. The number of nitrogens with zero attached hydrogens (tertiary/aromatic N) is 2. The third kappa shape index (κ3) is 5.50. The normalized spacial score (nSPS) is 12.2. The summed E-state index contributed by atoms with van der Waals surface area (Å²) in [4.78, 5) is 17.7. The van der Waals surface area contributed by atoms with Gasteiger partial charge in [0, 0.05) is 12.1 Å². The molecule has 4 nitrogen and oxygen atoms in total. The summed E-state index contributed by atoms with van der Waals surface area (Å²) >= 11 is 0. The molecule has 1 amide bonds. The minimum Gasteiger partial charge on any atom is -0.342 e. The van der Waals surface area contributed by atoms with Crippen molar-refractivity contribution in [3.63, 3.8) is 0 Å². The number of carbonyl (C=O) groups excluding carboxylic acids is 1. The van der Waals surface area contributed by atoms with Gasteiger partial charge < -0.3 is 9.88 Å². The Morgan fingerprint density at radius 1 is 0.967 bits per heavy atom. The first-order chi connectivity index (χ1) is 14.6. The average molecular weight is 406 g/mol. The van der Waals surface area contributed by atoms with Crippen LogP contribution in [0.3, 0.4) is 0 Å². The summed E-state index contributed by atoms with van der Waals surface area (Å²) in [5.74, 6) is 0.888. The molecule has 3 aromatic rings. The van der Waals surface area contributed by atoms with Crippen LogP contribution in [-0.2, 0) is 6.54 Å². The van der Waals surface area contributed by atoms with E-state index in [1.54, 1.807) is 0 Å². The number of imidazole rings is 1. The minimum absolute atomic E-state index is 0.0462. The Morgan fingerprint density at radius 3 is 2.40 bits per heavy atom. The highest BCUT2D eigenvalue weighted by Gasteiger charge is 2.19. The van der Waals surface area contributed by atoms with Crippen LogP contribution in [0.15, 0.2) is 48.5 Å². The van der Waals surface area contributed by atoms with Gasteiger partial charge in [-0.1, -0.05) is 75.8 Å². The van der Waals surface area contributed by atoms with E-state index >= 15 is 0 Å². The summed E-state index contributed by atoms with van der Waals surface area (Å²) in [5.41, 5.74) is 3.85. The number of benzene rings is 2. The fourth-order valence-electron chi connectivity index (χ4n) is 4.05. The van der Waals surface area contributed by atoms with Crippen LogP contribution in [0.2, 0.25) is 0 Å². The lowest BCUT2D eigenvalue weighted by Gasteiger charge is -2.17. The van der Waals surface area contributed by atoms with E-state index in [4.69, 9.17) is 4.98 Å². The predicted octanol–water partition coefficient (Wildman–Crippen LogP) is 6.59. The van der Waals surface area contributed by atoms with Crippen LogP contribution in [0.25, 0.3) is 11.0 Å². The number of aromatic nitrogens is 2. The Balaban J connectivity index is 1.70. The fraction of sp³-hybridized carbons (Fsp3) is 0.462. The highest BCUT2D eigenvalue weighted by atomic mass is 16.1. The van der Waals surface area contributed by atoms with Gasteiger partial charge in [-0.25, -0.2) is 4.98 Å². The molecule has 0 aliphatic heterocycles. The van der Waals surface area contributed by atoms with Crippen molar-refractivity contribution in [3.05, 3.63) is 65.5 Å². The van der Waals surface area contributed by atoms with Crippen molar-refractivity contribution in [2.45, 2.75) is 78.3 Å². The Kier molecular flexibility index (Phi) is 8.06. The lowest BCUT2D eigenvalue weighted by Crippen LogP contribution is -2.29. The summed E-state index contributed by atoms with van der Waals surface area (Å²) in [6.45, 7) is 7.19. The second-order valence-electron chi connectivity index (χ2n) is 8.24. The molecule has 0 radical (unpaired) electrons. The van der Waals surface area contributed by atoms with E-state index < -0.39 is 0 Å². The van der Waals surface area contributed by atoms with Crippen LogP contribution in [0.5, 0.6) is 0 Å². The van der Waals surface area contributed by atoms with Crippen LogP contribution >= 0.6 is 0 Å². The molecule has 0 bridgehead atoms. The smallest absolute Gasteiger partial charge is 0.252 e. The molecule has 0 aliphatic carbocycles. The molecule has 0 spiro atoms. The van der Waals surface area contributed by atoms with Gasteiger partial charge in [-0.05, 0) is 44.0 Å². The van der Waals surface area contributed by atoms with Gasteiger partial charge in [-0.15, -0.1) is 0 Å². The molecule has 1 unspecified atom stereocenters. The van der Waals surface area contributed by atoms with Crippen molar-refractivity contribution in [2.24, 2.45) is 0 Å². The van der Waals surface area contributed by atoms with Crippen LogP contribution in [-0.4, -0.2) is 15.5 Å². The Labute approximate surface area is 180 Å². The van der Waals surface area contributed by atoms with Gasteiger partial charge in [-0.3, -0.25) is 4.79 Å². The first-order valence-electron chi connectivity index (χ1n) is 11.4. The van der Waals surface area contributed by atoms with E-state index in [1.807, 2.05) is 44.2 Å². The van der Waals surface area contributed by atoms with Crippen LogP contribution < -0.4 is 5.32 Å². The summed E-state index contributed by atoms with van der Waals surface area (Å²) < 4.78 is 2.30. The maximum atomic E-state index is 12.8. The summed E-state index contributed by atoms with van der Waals surface area (Å²) in [7, 11) is 0. The zero-order chi connectivity index (χ0) is 21.3. The van der Waals surface area contributed by atoms with Gasteiger partial charge in [0.05, 0.1) is 17.1 Å². The molecular formula is C26H35N3O. The highest BCUT2D eigenvalue weighted by molar-refractivity contribution is 5.95. The van der Waals surface area contributed by atoms with Crippen LogP contribution in [0, 0.1) is 6.92 Å². The molecule has 30 heavy (non-hydrogen) atoms. The molecule has 0 saturated heterocycles. The molecule has 1 heterocycles. The van der Waals surface area contributed by atoms with Gasteiger partial charge in [0.15, 0.2) is 0 Å². The molecule has 0 fully saturated rings. The number of para-hydroxylation sites is 2. The van der Waals surface area contributed by atoms with Crippen LogP contribution in [0.1, 0.15) is 86.6 Å². The van der Waals surface area contributed by atoms with E-state index in [0.717, 1.165) is 41.0 Å². The molecule has 1 atom stereocenters. The summed E-state index contributed by atoms with van der Waals surface area (Å²) in [5, 5.41) is 3.16. The van der Waals surface area contributed by atoms with Crippen molar-refractivity contribution >= 4 is 16.9 Å². The van der Waals surface area contributed by atoms with Crippen LogP contribution in [0.4, 0.5) is 0 Å². The van der Waals surface area contributed by atoms with Crippen molar-refractivity contribution in [1.29, 1.82) is 0 Å². The molecular weight excluding hydrogens is 370 g/mol. The molecule has 2 aromatic carbocycles. The number of aryl methyl sites for hydroxylation is 2. The number of carbonyl (C=O) groups is 1. The number of rotatable bonds is 11. The van der Waals surface area contributed by atoms with Crippen molar-refractivity contribution in [3.8, 4) is 0 Å². The number of hydrogen-bond donors (Lipinski definition) is 1. The van der Waals surface area contributed by atoms with Gasteiger partial charge in [0.1, 0.15) is 5.82 Å². The quantitative estimate of drug-likeness (QED) is 0.366. The van der Waals surface area contributed by atoms with Crippen molar-refractivity contribution in [2.75, 3.05) is 0 Å². The maximum absolute atomic E-state index is 12.8. The minimum atomic E-state index is -0.158. The topological polar surface area (TPSA) is 46.9 Å². The molecule has 3 rings (SSSR count). The van der Waals surface area contributed by atoms with Crippen molar-refractivity contribution < 1.29 is 4.79 Å².